The number of non-ortho nitro benzene ring substituents is 1. The lowest BCUT2D eigenvalue weighted by atomic mass is 10.1. The number of anilines is 2. The molecule has 0 spiro atoms. The number of hydrogen-bond donors (Lipinski definition) is 2. The first-order chi connectivity index (χ1) is 14.9. The van der Waals surface area contributed by atoms with Crippen LogP contribution in [0.2, 0.25) is 0 Å². The van der Waals surface area contributed by atoms with Gasteiger partial charge in [-0.05, 0) is 24.3 Å². The largest absolute Gasteiger partial charge is 0.368 e. The number of hydrogen-bond acceptors (Lipinski definition) is 6. The molecule has 160 valence electrons. The summed E-state index contributed by atoms with van der Waals surface area (Å²) in [6.45, 7) is 2.05. The predicted molar refractivity (Wildman–Crippen MR) is 113 cm³/mol. The molecule has 0 unspecified atom stereocenters. The Bertz CT molecular complexity index is 1030. The molecule has 2 aromatic rings. The van der Waals surface area contributed by atoms with E-state index in [0.29, 0.717) is 37.4 Å². The van der Waals surface area contributed by atoms with Crippen molar-refractivity contribution in [1.29, 1.82) is 0 Å². The summed E-state index contributed by atoms with van der Waals surface area (Å²) in [6, 6.07) is 12.1. The molecule has 3 amide bonds. The van der Waals surface area contributed by atoms with Crippen LogP contribution in [-0.4, -0.2) is 59.8 Å². The van der Waals surface area contributed by atoms with Crippen LogP contribution in [-0.2, 0) is 9.59 Å². The Morgan fingerprint density at radius 2 is 1.71 bits per heavy atom. The second kappa shape index (κ2) is 8.42. The van der Waals surface area contributed by atoms with Crippen LogP contribution in [0.3, 0.4) is 0 Å². The highest BCUT2D eigenvalue weighted by Gasteiger charge is 2.31. The molecule has 0 radical (unpaired) electrons. The van der Waals surface area contributed by atoms with Gasteiger partial charge in [0.25, 0.3) is 11.6 Å². The maximum absolute atomic E-state index is 12.8. The lowest BCUT2D eigenvalue weighted by Crippen LogP contribution is -2.51. The highest BCUT2D eigenvalue weighted by Crippen LogP contribution is 2.22. The molecule has 2 aromatic carbocycles. The number of carbonyl (C=O) groups is 3. The van der Waals surface area contributed by atoms with Gasteiger partial charge in [-0.3, -0.25) is 24.5 Å². The summed E-state index contributed by atoms with van der Waals surface area (Å²) in [5, 5.41) is 16.1. The lowest BCUT2D eigenvalue weighted by Gasteiger charge is -2.36. The van der Waals surface area contributed by atoms with E-state index in [1.165, 1.54) is 12.1 Å². The number of amides is 3. The highest BCUT2D eigenvalue weighted by molar-refractivity contribution is 6.10. The van der Waals surface area contributed by atoms with Gasteiger partial charge in [-0.25, -0.2) is 0 Å². The molecular formula is C21H21N5O5. The molecule has 0 bridgehead atoms. The van der Waals surface area contributed by atoms with Crippen LogP contribution in [0.1, 0.15) is 16.8 Å². The van der Waals surface area contributed by atoms with Crippen molar-refractivity contribution in [3.05, 3.63) is 64.2 Å². The van der Waals surface area contributed by atoms with Crippen molar-refractivity contribution in [3.63, 3.8) is 0 Å². The summed E-state index contributed by atoms with van der Waals surface area (Å²) >= 11 is 0. The van der Waals surface area contributed by atoms with Crippen LogP contribution in [0, 0.1) is 10.1 Å². The quantitative estimate of drug-likeness (QED) is 0.566. The van der Waals surface area contributed by atoms with Crippen LogP contribution in [0.15, 0.2) is 48.5 Å². The number of nitrogens with one attached hydrogen (secondary N) is 2. The third-order valence-electron chi connectivity index (χ3n) is 5.49. The van der Waals surface area contributed by atoms with E-state index >= 15 is 0 Å². The number of piperazine rings is 1. The van der Waals surface area contributed by atoms with E-state index < -0.39 is 22.8 Å². The van der Waals surface area contributed by atoms with Crippen molar-refractivity contribution in [2.45, 2.75) is 12.5 Å². The van der Waals surface area contributed by atoms with Gasteiger partial charge in [-0.2, -0.15) is 0 Å². The third-order valence-corrected chi connectivity index (χ3v) is 5.49. The Balaban J connectivity index is 1.34. The number of carbonyl (C=O) groups excluding carboxylic acids is 3. The third kappa shape index (κ3) is 4.32. The van der Waals surface area contributed by atoms with E-state index in [9.17, 15) is 24.5 Å². The number of nitrogens with zero attached hydrogens (tertiary/aromatic N) is 3. The molecular weight excluding hydrogens is 402 g/mol. The molecule has 4 rings (SSSR count). The van der Waals surface area contributed by atoms with Crippen molar-refractivity contribution in [1.82, 2.24) is 10.2 Å². The molecule has 1 atom stereocenters. The number of benzene rings is 2. The van der Waals surface area contributed by atoms with E-state index in [-0.39, 0.29) is 18.0 Å². The van der Waals surface area contributed by atoms with Crippen molar-refractivity contribution in [2.75, 3.05) is 36.4 Å². The minimum atomic E-state index is -0.944. The van der Waals surface area contributed by atoms with E-state index in [1.807, 2.05) is 4.90 Å². The fraction of sp³-hybridized carbons (Fsp3) is 0.286. The van der Waals surface area contributed by atoms with Gasteiger partial charge in [0.05, 0.1) is 22.6 Å². The van der Waals surface area contributed by atoms with E-state index in [0.717, 1.165) is 5.69 Å². The smallest absolute Gasteiger partial charge is 0.269 e. The average molecular weight is 423 g/mol. The van der Waals surface area contributed by atoms with Crippen LogP contribution in [0.4, 0.5) is 17.1 Å². The van der Waals surface area contributed by atoms with Gasteiger partial charge >= 0.3 is 0 Å². The molecule has 2 heterocycles. The van der Waals surface area contributed by atoms with E-state index in [2.05, 4.69) is 10.6 Å². The Labute approximate surface area is 178 Å². The average Bonchev–Trinajstić information content (AvgIpc) is 2.90. The van der Waals surface area contributed by atoms with Crippen molar-refractivity contribution in [3.8, 4) is 0 Å². The number of para-hydroxylation sites is 1. The second-order valence-electron chi connectivity index (χ2n) is 7.41. The highest BCUT2D eigenvalue weighted by atomic mass is 16.6. The minimum Gasteiger partial charge on any atom is -0.368 e. The van der Waals surface area contributed by atoms with E-state index in [4.69, 9.17) is 0 Å². The number of fused-ring (bicyclic) bond motifs is 1. The first kappa shape index (κ1) is 20.3. The summed E-state index contributed by atoms with van der Waals surface area (Å²) in [6.07, 6.45) is -0.122. The molecule has 1 fully saturated rings. The number of rotatable bonds is 4. The molecule has 2 aliphatic heterocycles. The maximum Gasteiger partial charge on any atom is 0.269 e. The van der Waals surface area contributed by atoms with Crippen molar-refractivity contribution in [2.24, 2.45) is 0 Å². The van der Waals surface area contributed by atoms with Gasteiger partial charge in [-0.1, -0.05) is 12.1 Å². The zero-order valence-corrected chi connectivity index (χ0v) is 16.6. The predicted octanol–water partition coefficient (Wildman–Crippen LogP) is 1.38. The van der Waals surface area contributed by atoms with Crippen LogP contribution in [0.5, 0.6) is 0 Å². The molecule has 2 aliphatic rings. The standard InChI is InChI=1S/C21H21N5O5/c27-19(13-18-21(29)22-17-4-2-1-3-16(17)20(28)23-18)25-11-9-24(10-12-25)14-5-7-15(8-6-14)26(30)31/h1-8,18H,9-13H2,(H,22,29)(H,23,28)/t18-/m1/s1. The van der Waals surface area contributed by atoms with Gasteiger partial charge in [0, 0.05) is 44.0 Å². The molecule has 0 saturated carbocycles. The molecule has 0 aromatic heterocycles. The van der Waals surface area contributed by atoms with Crippen LogP contribution >= 0.6 is 0 Å². The summed E-state index contributed by atoms with van der Waals surface area (Å²) < 4.78 is 0. The zero-order valence-electron chi connectivity index (χ0n) is 16.6. The van der Waals surface area contributed by atoms with Gasteiger partial charge in [0.1, 0.15) is 6.04 Å². The fourth-order valence-electron chi connectivity index (χ4n) is 3.76. The summed E-state index contributed by atoms with van der Waals surface area (Å²) in [5.41, 5.74) is 1.67. The first-order valence-electron chi connectivity index (χ1n) is 9.90. The zero-order chi connectivity index (χ0) is 22.0. The van der Waals surface area contributed by atoms with Gasteiger partial charge in [-0.15, -0.1) is 0 Å². The molecule has 2 N–H and O–H groups in total. The molecule has 0 aliphatic carbocycles. The van der Waals surface area contributed by atoms with Crippen molar-refractivity contribution < 1.29 is 19.3 Å². The van der Waals surface area contributed by atoms with Crippen LogP contribution < -0.4 is 15.5 Å². The first-order valence-corrected chi connectivity index (χ1v) is 9.90. The Morgan fingerprint density at radius 1 is 1.03 bits per heavy atom. The minimum absolute atomic E-state index is 0.0310. The van der Waals surface area contributed by atoms with Gasteiger partial charge < -0.3 is 20.4 Å². The van der Waals surface area contributed by atoms with Gasteiger partial charge in [0.15, 0.2) is 0 Å². The fourth-order valence-corrected chi connectivity index (χ4v) is 3.76. The Hall–Kier alpha value is -3.95. The SMILES string of the molecule is O=C1N[C@H](CC(=O)N2CCN(c3ccc([N+](=O)[O-])cc3)CC2)C(=O)Nc2ccccc21. The number of nitro benzene ring substituents is 1. The lowest BCUT2D eigenvalue weighted by molar-refractivity contribution is -0.384. The summed E-state index contributed by atoms with van der Waals surface area (Å²) in [5.74, 6) is -1.03. The molecule has 10 nitrogen and oxygen atoms in total. The molecule has 31 heavy (non-hydrogen) atoms. The molecule has 1 saturated heterocycles. The normalized spacial score (nSPS) is 18.5. The molecule has 10 heteroatoms. The second-order valence-corrected chi connectivity index (χ2v) is 7.41. The van der Waals surface area contributed by atoms with Crippen molar-refractivity contribution >= 4 is 34.8 Å². The van der Waals surface area contributed by atoms with E-state index in [1.54, 1.807) is 41.3 Å². The Morgan fingerprint density at radius 3 is 2.39 bits per heavy atom. The summed E-state index contributed by atoms with van der Waals surface area (Å²) in [7, 11) is 0. The monoisotopic (exact) mass is 423 g/mol. The number of nitro groups is 1. The topological polar surface area (TPSA) is 125 Å². The Kier molecular flexibility index (Phi) is 5.52. The maximum atomic E-state index is 12.8. The van der Waals surface area contributed by atoms with Gasteiger partial charge in [0.2, 0.25) is 11.8 Å². The van der Waals surface area contributed by atoms with Crippen LogP contribution in [0.25, 0.3) is 0 Å². The summed E-state index contributed by atoms with van der Waals surface area (Å²) in [4.78, 5) is 51.7.